The lowest BCUT2D eigenvalue weighted by molar-refractivity contribution is -0.137. The molecule has 6 heteroatoms. The molecule has 17 heavy (non-hydrogen) atoms. The molecule has 6 nitrogen and oxygen atoms in total. The van der Waals surface area contributed by atoms with E-state index in [0.717, 1.165) is 0 Å². The van der Waals surface area contributed by atoms with Gasteiger partial charge in [-0.1, -0.05) is 0 Å². The van der Waals surface area contributed by atoms with Crippen molar-refractivity contribution in [2.24, 2.45) is 0 Å². The molecule has 1 amide bonds. The highest BCUT2D eigenvalue weighted by atomic mass is 16.5. The van der Waals surface area contributed by atoms with E-state index in [0.29, 0.717) is 32.9 Å². The Morgan fingerprint density at radius 3 is 2.71 bits per heavy atom. The Bertz CT molecular complexity index is 232. The Labute approximate surface area is 102 Å². The smallest absolute Gasteiger partial charge is 0.239 e. The lowest BCUT2D eigenvalue weighted by Gasteiger charge is -2.30. The van der Waals surface area contributed by atoms with E-state index in [1.165, 1.54) is 0 Å². The summed E-state index contributed by atoms with van der Waals surface area (Å²) in [5.74, 6) is 0.0443. The van der Waals surface area contributed by atoms with Gasteiger partial charge in [-0.05, 0) is 6.92 Å². The minimum Gasteiger partial charge on any atom is -0.395 e. The van der Waals surface area contributed by atoms with E-state index in [9.17, 15) is 4.79 Å². The summed E-state index contributed by atoms with van der Waals surface area (Å²) in [5.41, 5.74) is 0. The van der Waals surface area contributed by atoms with Crippen molar-refractivity contribution in [2.75, 3.05) is 46.6 Å². The second-order valence-corrected chi connectivity index (χ2v) is 4.16. The van der Waals surface area contributed by atoms with Crippen molar-refractivity contribution in [3.63, 3.8) is 0 Å². The molecule has 0 aromatic heterocycles. The Kier molecular flexibility index (Phi) is 6.43. The third-order valence-corrected chi connectivity index (χ3v) is 2.77. The number of rotatable bonds is 6. The first-order valence-corrected chi connectivity index (χ1v) is 5.91. The number of amides is 1. The van der Waals surface area contributed by atoms with Gasteiger partial charge in [0.25, 0.3) is 0 Å². The van der Waals surface area contributed by atoms with Crippen molar-refractivity contribution in [1.82, 2.24) is 10.2 Å². The first-order valence-electron chi connectivity index (χ1n) is 5.91. The molecule has 0 bridgehead atoms. The molecule has 1 aliphatic heterocycles. The molecule has 0 radical (unpaired) electrons. The highest BCUT2D eigenvalue weighted by Crippen LogP contribution is 2.01. The molecule has 0 aromatic carbocycles. The van der Waals surface area contributed by atoms with Crippen LogP contribution in [0.1, 0.15) is 6.92 Å². The molecule has 0 aliphatic carbocycles. The summed E-state index contributed by atoms with van der Waals surface area (Å²) < 4.78 is 10.1. The lowest BCUT2D eigenvalue weighted by atomic mass is 10.2. The monoisotopic (exact) mass is 246 g/mol. The number of ether oxygens (including phenoxy) is 2. The Hall–Kier alpha value is -0.690. The minimum absolute atomic E-state index is 0.0443. The molecule has 100 valence electrons. The molecule has 2 N–H and O–H groups in total. The number of morpholine rings is 1. The molecule has 1 rings (SSSR count). The Balaban J connectivity index is 2.39. The average Bonchev–Trinajstić information content (AvgIpc) is 2.38. The van der Waals surface area contributed by atoms with Crippen LogP contribution in [0.15, 0.2) is 0 Å². The molecule has 0 spiro atoms. The van der Waals surface area contributed by atoms with Crippen molar-refractivity contribution >= 4 is 5.91 Å². The van der Waals surface area contributed by atoms with E-state index in [-0.39, 0.29) is 24.6 Å². The van der Waals surface area contributed by atoms with Crippen molar-refractivity contribution in [1.29, 1.82) is 0 Å². The third-order valence-electron chi connectivity index (χ3n) is 2.77. The number of nitrogens with one attached hydrogen (secondary N) is 1. The SMILES string of the molecule is COCC(CO)NC(C)C(=O)N1CCOCC1. The van der Waals surface area contributed by atoms with E-state index < -0.39 is 0 Å². The van der Waals surface area contributed by atoms with Gasteiger partial charge in [0.2, 0.25) is 5.91 Å². The van der Waals surface area contributed by atoms with Crippen LogP contribution in [0.3, 0.4) is 0 Å². The van der Waals surface area contributed by atoms with Gasteiger partial charge >= 0.3 is 0 Å². The van der Waals surface area contributed by atoms with Gasteiger partial charge in [0.15, 0.2) is 0 Å². The largest absolute Gasteiger partial charge is 0.395 e. The maximum atomic E-state index is 12.0. The van der Waals surface area contributed by atoms with Gasteiger partial charge in [0, 0.05) is 20.2 Å². The van der Waals surface area contributed by atoms with Crippen molar-refractivity contribution in [2.45, 2.75) is 19.0 Å². The van der Waals surface area contributed by atoms with Crippen molar-refractivity contribution in [3.8, 4) is 0 Å². The number of aliphatic hydroxyl groups is 1. The summed E-state index contributed by atoms with van der Waals surface area (Å²) >= 11 is 0. The summed E-state index contributed by atoms with van der Waals surface area (Å²) in [6.07, 6.45) is 0. The fourth-order valence-electron chi connectivity index (χ4n) is 1.84. The van der Waals surface area contributed by atoms with Crippen LogP contribution in [-0.2, 0) is 14.3 Å². The van der Waals surface area contributed by atoms with Gasteiger partial charge in [-0.2, -0.15) is 0 Å². The van der Waals surface area contributed by atoms with Crippen LogP contribution in [-0.4, -0.2) is 74.6 Å². The Morgan fingerprint density at radius 2 is 2.18 bits per heavy atom. The van der Waals surface area contributed by atoms with Crippen molar-refractivity contribution in [3.05, 3.63) is 0 Å². The van der Waals surface area contributed by atoms with Crippen LogP contribution in [0.5, 0.6) is 0 Å². The predicted molar refractivity (Wildman–Crippen MR) is 62.7 cm³/mol. The summed E-state index contributed by atoms with van der Waals surface area (Å²) in [5, 5.41) is 12.2. The van der Waals surface area contributed by atoms with Gasteiger partial charge in [-0.3, -0.25) is 10.1 Å². The number of hydrogen-bond acceptors (Lipinski definition) is 5. The summed E-state index contributed by atoms with van der Waals surface area (Å²) in [7, 11) is 1.57. The molecule has 2 unspecified atom stereocenters. The summed E-state index contributed by atoms with van der Waals surface area (Å²) in [6, 6.07) is -0.527. The normalized spacial score (nSPS) is 20.1. The fraction of sp³-hybridized carbons (Fsp3) is 0.909. The highest BCUT2D eigenvalue weighted by molar-refractivity contribution is 5.81. The molecule has 0 aromatic rings. The molecule has 0 saturated carbocycles. The number of carbonyl (C=O) groups excluding carboxylic acids is 1. The number of aliphatic hydroxyl groups excluding tert-OH is 1. The van der Waals surface area contributed by atoms with Crippen molar-refractivity contribution < 1.29 is 19.4 Å². The quantitative estimate of drug-likeness (QED) is 0.618. The van der Waals surface area contributed by atoms with Crippen LogP contribution in [0.4, 0.5) is 0 Å². The van der Waals surface area contributed by atoms with Crippen LogP contribution in [0.25, 0.3) is 0 Å². The molecule has 1 saturated heterocycles. The zero-order chi connectivity index (χ0) is 12.7. The maximum Gasteiger partial charge on any atom is 0.239 e. The standard InChI is InChI=1S/C11H22N2O4/c1-9(12-10(7-14)8-16-2)11(15)13-3-5-17-6-4-13/h9-10,12,14H,3-8H2,1-2H3. The van der Waals surface area contributed by atoms with Crippen LogP contribution >= 0.6 is 0 Å². The molecular weight excluding hydrogens is 224 g/mol. The molecule has 1 fully saturated rings. The second-order valence-electron chi connectivity index (χ2n) is 4.16. The van der Waals surface area contributed by atoms with E-state index in [1.54, 1.807) is 18.9 Å². The number of methoxy groups -OCH3 is 1. The minimum atomic E-state index is -0.319. The van der Waals surface area contributed by atoms with Crippen LogP contribution < -0.4 is 5.32 Å². The van der Waals surface area contributed by atoms with Gasteiger partial charge < -0.3 is 19.5 Å². The van der Waals surface area contributed by atoms with E-state index in [2.05, 4.69) is 5.32 Å². The van der Waals surface area contributed by atoms with Gasteiger partial charge in [0.05, 0.1) is 38.5 Å². The summed E-state index contributed by atoms with van der Waals surface area (Å²) in [4.78, 5) is 13.8. The first-order chi connectivity index (χ1) is 8.19. The highest BCUT2D eigenvalue weighted by Gasteiger charge is 2.24. The molecule has 1 aliphatic rings. The summed E-state index contributed by atoms with van der Waals surface area (Å²) in [6.45, 7) is 4.61. The topological polar surface area (TPSA) is 71.0 Å². The Morgan fingerprint density at radius 1 is 1.53 bits per heavy atom. The first kappa shape index (κ1) is 14.4. The van der Waals surface area contributed by atoms with Gasteiger partial charge in [-0.15, -0.1) is 0 Å². The van der Waals surface area contributed by atoms with E-state index in [1.807, 2.05) is 0 Å². The van der Waals surface area contributed by atoms with Gasteiger partial charge in [0.1, 0.15) is 0 Å². The van der Waals surface area contributed by atoms with E-state index >= 15 is 0 Å². The predicted octanol–water partition coefficient (Wildman–Crippen LogP) is -1.17. The lowest BCUT2D eigenvalue weighted by Crippen LogP contribution is -2.53. The van der Waals surface area contributed by atoms with E-state index in [4.69, 9.17) is 14.6 Å². The second kappa shape index (κ2) is 7.60. The maximum absolute atomic E-state index is 12.0. The van der Waals surface area contributed by atoms with Gasteiger partial charge in [-0.25, -0.2) is 0 Å². The molecule has 2 atom stereocenters. The number of nitrogens with zero attached hydrogens (tertiary/aromatic N) is 1. The third kappa shape index (κ3) is 4.59. The molecule has 1 heterocycles. The fourth-order valence-corrected chi connectivity index (χ4v) is 1.84. The number of hydrogen-bond donors (Lipinski definition) is 2. The zero-order valence-electron chi connectivity index (χ0n) is 10.5. The van der Waals surface area contributed by atoms with Crippen LogP contribution in [0.2, 0.25) is 0 Å². The molecular formula is C11H22N2O4. The van der Waals surface area contributed by atoms with Crippen LogP contribution in [0, 0.1) is 0 Å². The average molecular weight is 246 g/mol. The zero-order valence-corrected chi connectivity index (χ0v) is 10.5. The number of carbonyl (C=O) groups is 1.